The fourth-order valence-corrected chi connectivity index (χ4v) is 4.42. The van der Waals surface area contributed by atoms with Crippen LogP contribution in [0.3, 0.4) is 0 Å². The van der Waals surface area contributed by atoms with Gasteiger partial charge in [-0.1, -0.05) is 48.2 Å². The number of benzene rings is 2. The van der Waals surface area contributed by atoms with Crippen molar-refractivity contribution in [2.45, 2.75) is 19.4 Å². The number of unbranched alkanes of at least 4 members (excludes halogenated alkanes) is 1. The van der Waals surface area contributed by atoms with Gasteiger partial charge in [0.25, 0.3) is 5.91 Å². The monoisotopic (exact) mass is 442 g/mol. The van der Waals surface area contributed by atoms with E-state index in [-0.39, 0.29) is 5.91 Å². The van der Waals surface area contributed by atoms with Gasteiger partial charge in [-0.15, -0.1) is 0 Å². The van der Waals surface area contributed by atoms with Crippen molar-refractivity contribution >= 4 is 40.3 Å². The molecule has 30 heavy (non-hydrogen) atoms. The van der Waals surface area contributed by atoms with Crippen molar-refractivity contribution < 1.29 is 14.3 Å². The normalized spacial score (nSPS) is 15.1. The number of amides is 1. The first-order valence-electron chi connectivity index (χ1n) is 9.84. The Bertz CT molecular complexity index is 930. The van der Waals surface area contributed by atoms with Gasteiger partial charge in [0.05, 0.1) is 19.1 Å². The van der Waals surface area contributed by atoms with Gasteiger partial charge in [-0.3, -0.25) is 9.69 Å². The molecule has 3 rings (SSSR count). The van der Waals surface area contributed by atoms with E-state index in [0.29, 0.717) is 15.8 Å². The zero-order chi connectivity index (χ0) is 21.3. The average molecular weight is 443 g/mol. The van der Waals surface area contributed by atoms with Gasteiger partial charge in [0, 0.05) is 13.1 Å². The van der Waals surface area contributed by atoms with Crippen molar-refractivity contribution in [2.24, 2.45) is 0 Å². The summed E-state index contributed by atoms with van der Waals surface area (Å²) in [7, 11) is 3.30. The van der Waals surface area contributed by atoms with E-state index < -0.39 is 0 Å². The minimum atomic E-state index is -0.0165. The Hall–Kier alpha value is -2.35. The highest BCUT2D eigenvalue weighted by Crippen LogP contribution is 2.33. The number of nitrogens with one attached hydrogen (secondary N) is 1. The molecule has 0 aliphatic carbocycles. The van der Waals surface area contributed by atoms with E-state index in [1.165, 1.54) is 17.3 Å². The van der Waals surface area contributed by atoms with Gasteiger partial charge >= 0.3 is 0 Å². The maximum Gasteiger partial charge on any atom is 0.266 e. The van der Waals surface area contributed by atoms with E-state index in [2.05, 4.69) is 11.4 Å². The fraction of sp³-hybridized carbons (Fsp3) is 0.304. The molecular formula is C23H26N2O3S2. The summed E-state index contributed by atoms with van der Waals surface area (Å²) in [5.74, 6) is 1.61. The predicted molar refractivity (Wildman–Crippen MR) is 127 cm³/mol. The van der Waals surface area contributed by atoms with E-state index in [1.807, 2.05) is 48.5 Å². The summed E-state index contributed by atoms with van der Waals surface area (Å²) in [6, 6.07) is 15.7. The van der Waals surface area contributed by atoms with Crippen LogP contribution in [0.5, 0.6) is 11.5 Å². The first-order chi connectivity index (χ1) is 14.6. The topological polar surface area (TPSA) is 50.8 Å². The van der Waals surface area contributed by atoms with Crippen LogP contribution in [-0.4, -0.2) is 42.4 Å². The maximum absolute atomic E-state index is 12.7. The summed E-state index contributed by atoms with van der Waals surface area (Å²) < 4.78 is 11.1. The van der Waals surface area contributed by atoms with Crippen LogP contribution in [0.1, 0.15) is 24.0 Å². The molecule has 1 saturated heterocycles. The van der Waals surface area contributed by atoms with Crippen molar-refractivity contribution in [3.8, 4) is 11.5 Å². The molecule has 1 N–H and O–H groups in total. The number of nitrogens with zero attached hydrogens (tertiary/aromatic N) is 1. The lowest BCUT2D eigenvalue weighted by Gasteiger charge is -2.14. The Morgan fingerprint density at radius 1 is 1.07 bits per heavy atom. The molecule has 0 bridgehead atoms. The van der Waals surface area contributed by atoms with Gasteiger partial charge in [-0.25, -0.2) is 0 Å². The number of thioether (sulfide) groups is 1. The molecule has 0 aromatic heterocycles. The molecule has 7 heteroatoms. The van der Waals surface area contributed by atoms with Gasteiger partial charge in [0.15, 0.2) is 0 Å². The first kappa shape index (κ1) is 22.3. The number of hydrogen-bond acceptors (Lipinski definition) is 6. The van der Waals surface area contributed by atoms with Gasteiger partial charge in [0.2, 0.25) is 0 Å². The van der Waals surface area contributed by atoms with Crippen LogP contribution in [0.4, 0.5) is 0 Å². The van der Waals surface area contributed by atoms with Crippen LogP contribution >= 0.6 is 24.0 Å². The third kappa shape index (κ3) is 6.08. The van der Waals surface area contributed by atoms with E-state index in [0.717, 1.165) is 43.0 Å². The van der Waals surface area contributed by atoms with Gasteiger partial charge in [-0.2, -0.15) is 0 Å². The van der Waals surface area contributed by atoms with Crippen LogP contribution < -0.4 is 14.8 Å². The molecule has 0 atom stereocenters. The lowest BCUT2D eigenvalue weighted by molar-refractivity contribution is -0.122. The van der Waals surface area contributed by atoms with Crippen LogP contribution in [0.15, 0.2) is 53.4 Å². The summed E-state index contributed by atoms with van der Waals surface area (Å²) in [5, 5.41) is 3.43. The molecular weight excluding hydrogens is 416 g/mol. The summed E-state index contributed by atoms with van der Waals surface area (Å²) in [6.45, 7) is 2.31. The predicted octanol–water partition coefficient (Wildman–Crippen LogP) is 4.48. The molecule has 1 amide bonds. The standard InChI is InChI=1S/C23H26N2O3S2/c1-27-19-9-5-7-17(13-19)15-21-22(26)25(23(29)30-21)12-4-3-11-24-16-18-8-6-10-20(14-18)28-2/h5-10,13-15,24H,3-4,11-12,16H2,1-2H3/b21-15-. The lowest BCUT2D eigenvalue weighted by Crippen LogP contribution is -2.29. The lowest BCUT2D eigenvalue weighted by atomic mass is 10.2. The molecule has 2 aromatic carbocycles. The number of rotatable bonds is 10. The number of carbonyl (C=O) groups excluding carboxylic acids is 1. The highest BCUT2D eigenvalue weighted by Gasteiger charge is 2.31. The molecule has 2 aromatic rings. The third-order valence-electron chi connectivity index (χ3n) is 4.71. The highest BCUT2D eigenvalue weighted by molar-refractivity contribution is 8.26. The van der Waals surface area contributed by atoms with E-state index in [4.69, 9.17) is 21.7 Å². The minimum Gasteiger partial charge on any atom is -0.497 e. The molecule has 158 valence electrons. The third-order valence-corrected chi connectivity index (χ3v) is 6.09. The second kappa shape index (κ2) is 11.2. The molecule has 1 aliphatic heterocycles. The number of carbonyl (C=O) groups is 1. The second-order valence-electron chi connectivity index (χ2n) is 6.85. The number of ether oxygens (including phenoxy) is 2. The molecule has 0 unspecified atom stereocenters. The second-order valence-corrected chi connectivity index (χ2v) is 8.52. The van der Waals surface area contributed by atoms with E-state index in [1.54, 1.807) is 19.1 Å². The molecule has 0 spiro atoms. The summed E-state index contributed by atoms with van der Waals surface area (Å²) in [6.07, 6.45) is 3.73. The Balaban J connectivity index is 1.43. The van der Waals surface area contributed by atoms with Crippen molar-refractivity contribution in [3.05, 3.63) is 64.6 Å². The molecule has 1 aliphatic rings. The van der Waals surface area contributed by atoms with Crippen molar-refractivity contribution in [1.29, 1.82) is 0 Å². The summed E-state index contributed by atoms with van der Waals surface area (Å²) in [5.41, 5.74) is 2.12. The number of hydrogen-bond donors (Lipinski definition) is 1. The Morgan fingerprint density at radius 2 is 1.80 bits per heavy atom. The Morgan fingerprint density at radius 3 is 2.57 bits per heavy atom. The summed E-state index contributed by atoms with van der Waals surface area (Å²) in [4.78, 5) is 15.1. The Kier molecular flexibility index (Phi) is 8.30. The van der Waals surface area contributed by atoms with Crippen LogP contribution in [0.25, 0.3) is 6.08 Å². The minimum absolute atomic E-state index is 0.0165. The van der Waals surface area contributed by atoms with E-state index in [9.17, 15) is 4.79 Å². The molecule has 0 radical (unpaired) electrons. The largest absolute Gasteiger partial charge is 0.497 e. The van der Waals surface area contributed by atoms with Crippen LogP contribution in [0, 0.1) is 0 Å². The smallest absolute Gasteiger partial charge is 0.266 e. The first-order valence-corrected chi connectivity index (χ1v) is 11.1. The van der Waals surface area contributed by atoms with Crippen LogP contribution in [0.2, 0.25) is 0 Å². The zero-order valence-corrected chi connectivity index (χ0v) is 18.9. The zero-order valence-electron chi connectivity index (χ0n) is 17.2. The van der Waals surface area contributed by atoms with Crippen molar-refractivity contribution in [2.75, 3.05) is 27.3 Å². The quantitative estimate of drug-likeness (QED) is 0.333. The molecule has 1 fully saturated rings. The number of methoxy groups -OCH3 is 2. The summed E-state index contributed by atoms with van der Waals surface area (Å²) >= 11 is 6.78. The fourth-order valence-electron chi connectivity index (χ4n) is 3.11. The average Bonchev–Trinajstić information content (AvgIpc) is 3.03. The highest BCUT2D eigenvalue weighted by atomic mass is 32.2. The van der Waals surface area contributed by atoms with Crippen molar-refractivity contribution in [3.63, 3.8) is 0 Å². The SMILES string of the molecule is COc1cccc(/C=C2\SC(=S)N(CCCCNCc3cccc(OC)c3)C2=O)c1. The van der Waals surface area contributed by atoms with Gasteiger partial charge < -0.3 is 14.8 Å². The van der Waals surface area contributed by atoms with E-state index >= 15 is 0 Å². The maximum atomic E-state index is 12.7. The molecule has 0 saturated carbocycles. The van der Waals surface area contributed by atoms with Crippen LogP contribution in [-0.2, 0) is 11.3 Å². The van der Waals surface area contributed by atoms with Crippen molar-refractivity contribution in [1.82, 2.24) is 10.2 Å². The van der Waals surface area contributed by atoms with Gasteiger partial charge in [-0.05, 0) is 60.9 Å². The Labute approximate surface area is 187 Å². The molecule has 5 nitrogen and oxygen atoms in total. The van der Waals surface area contributed by atoms with Gasteiger partial charge in [0.1, 0.15) is 15.8 Å². The number of thiocarbonyl (C=S) groups is 1. The molecule has 1 heterocycles.